The molecule has 0 saturated carbocycles. The molecule has 0 spiro atoms. The second kappa shape index (κ2) is 5.99. The van der Waals surface area contributed by atoms with Crippen molar-refractivity contribution in [3.05, 3.63) is 0 Å². The molecular weight excluding hydrogens is 198 g/mol. The quantitative estimate of drug-likeness (QED) is 0.770. The lowest BCUT2D eigenvalue weighted by Gasteiger charge is -2.39. The molecule has 1 unspecified atom stereocenters. The number of rotatable bonds is 5. The third-order valence-corrected chi connectivity index (χ3v) is 3.48. The maximum absolute atomic E-state index is 6.21. The summed E-state index contributed by atoms with van der Waals surface area (Å²) in [5.74, 6) is 0.780. The van der Waals surface area contributed by atoms with Crippen LogP contribution in [0, 0.1) is 5.92 Å². The van der Waals surface area contributed by atoms with Crippen LogP contribution in [-0.2, 0) is 0 Å². The van der Waals surface area contributed by atoms with Gasteiger partial charge in [0.2, 0.25) is 0 Å². The number of hydrogen-bond acceptors (Lipinski definition) is 3. The van der Waals surface area contributed by atoms with Gasteiger partial charge in [-0.15, -0.1) is 0 Å². The molecule has 1 fully saturated rings. The summed E-state index contributed by atoms with van der Waals surface area (Å²) in [6.45, 7) is 16.0. The number of piperazine rings is 1. The highest BCUT2D eigenvalue weighted by molar-refractivity contribution is 4.83. The molecule has 1 aliphatic rings. The zero-order chi connectivity index (χ0) is 12.2. The molecule has 0 aromatic carbocycles. The van der Waals surface area contributed by atoms with Crippen molar-refractivity contribution in [3.8, 4) is 0 Å². The Labute approximate surface area is 101 Å². The lowest BCUT2D eigenvalue weighted by molar-refractivity contribution is 0.104. The second-order valence-electron chi connectivity index (χ2n) is 5.98. The van der Waals surface area contributed by atoms with Crippen molar-refractivity contribution in [3.63, 3.8) is 0 Å². The van der Waals surface area contributed by atoms with E-state index in [0.29, 0.717) is 0 Å². The summed E-state index contributed by atoms with van der Waals surface area (Å²) in [4.78, 5) is 5.08. The van der Waals surface area contributed by atoms with Crippen LogP contribution in [-0.4, -0.2) is 54.6 Å². The van der Waals surface area contributed by atoms with Crippen LogP contribution in [0.5, 0.6) is 0 Å². The first-order valence-corrected chi connectivity index (χ1v) is 6.66. The van der Waals surface area contributed by atoms with Crippen molar-refractivity contribution in [2.75, 3.05) is 39.3 Å². The van der Waals surface area contributed by atoms with Gasteiger partial charge >= 0.3 is 0 Å². The summed E-state index contributed by atoms with van der Waals surface area (Å²) in [6.07, 6.45) is 1.05. The highest BCUT2D eigenvalue weighted by Crippen LogP contribution is 2.11. The fraction of sp³-hybridized carbons (Fsp3) is 1.00. The Balaban J connectivity index is 2.27. The molecule has 0 aromatic heterocycles. The lowest BCUT2D eigenvalue weighted by Crippen LogP contribution is -2.54. The first-order chi connectivity index (χ1) is 7.43. The van der Waals surface area contributed by atoms with E-state index in [1.165, 1.54) is 32.7 Å². The molecular formula is C13H29N3. The van der Waals surface area contributed by atoms with Crippen LogP contribution < -0.4 is 5.73 Å². The van der Waals surface area contributed by atoms with Crippen LogP contribution in [0.25, 0.3) is 0 Å². The Morgan fingerprint density at radius 2 is 1.62 bits per heavy atom. The third-order valence-electron chi connectivity index (χ3n) is 3.48. The van der Waals surface area contributed by atoms with E-state index < -0.39 is 0 Å². The van der Waals surface area contributed by atoms with Crippen LogP contribution in [0.4, 0.5) is 0 Å². The van der Waals surface area contributed by atoms with E-state index in [1.54, 1.807) is 0 Å². The third kappa shape index (κ3) is 4.81. The highest BCUT2D eigenvalue weighted by atomic mass is 15.3. The minimum absolute atomic E-state index is 0.0137. The van der Waals surface area contributed by atoms with E-state index in [2.05, 4.69) is 37.5 Å². The standard InChI is InChI=1S/C13H29N3/c1-5-13(4,14)11-16-8-6-15(7-9-16)10-12(2)3/h12H,5-11,14H2,1-4H3. The van der Waals surface area contributed by atoms with Gasteiger partial charge < -0.3 is 10.6 Å². The predicted octanol–water partition coefficient (Wildman–Crippen LogP) is 1.39. The number of nitrogens with zero attached hydrogens (tertiary/aromatic N) is 2. The summed E-state index contributed by atoms with van der Waals surface area (Å²) in [5.41, 5.74) is 6.19. The van der Waals surface area contributed by atoms with E-state index in [4.69, 9.17) is 5.73 Å². The van der Waals surface area contributed by atoms with Crippen molar-refractivity contribution in [1.29, 1.82) is 0 Å². The van der Waals surface area contributed by atoms with E-state index in [0.717, 1.165) is 18.9 Å². The average molecular weight is 227 g/mol. The summed E-state index contributed by atoms with van der Waals surface area (Å²) in [6, 6.07) is 0. The second-order valence-corrected chi connectivity index (χ2v) is 5.98. The fourth-order valence-electron chi connectivity index (χ4n) is 2.27. The van der Waals surface area contributed by atoms with Crippen molar-refractivity contribution < 1.29 is 0 Å². The molecule has 0 aliphatic carbocycles. The van der Waals surface area contributed by atoms with Gasteiger partial charge in [0.05, 0.1) is 0 Å². The van der Waals surface area contributed by atoms with E-state index >= 15 is 0 Å². The Hall–Kier alpha value is -0.120. The van der Waals surface area contributed by atoms with Gasteiger partial charge in [0.1, 0.15) is 0 Å². The largest absolute Gasteiger partial charge is 0.324 e. The molecule has 1 rings (SSSR count). The summed E-state index contributed by atoms with van der Waals surface area (Å²) in [5, 5.41) is 0. The van der Waals surface area contributed by atoms with Gasteiger partial charge in [-0.05, 0) is 19.3 Å². The molecule has 3 nitrogen and oxygen atoms in total. The summed E-state index contributed by atoms with van der Waals surface area (Å²) >= 11 is 0. The Morgan fingerprint density at radius 3 is 2.06 bits per heavy atom. The van der Waals surface area contributed by atoms with Crippen LogP contribution >= 0.6 is 0 Å². The first kappa shape index (κ1) is 13.9. The van der Waals surface area contributed by atoms with Crippen LogP contribution in [0.2, 0.25) is 0 Å². The summed E-state index contributed by atoms with van der Waals surface area (Å²) in [7, 11) is 0. The Bertz CT molecular complexity index is 193. The lowest BCUT2D eigenvalue weighted by atomic mass is 9.99. The monoisotopic (exact) mass is 227 g/mol. The van der Waals surface area contributed by atoms with Crippen LogP contribution in [0.3, 0.4) is 0 Å². The number of nitrogens with two attached hydrogens (primary N) is 1. The van der Waals surface area contributed by atoms with E-state index in [9.17, 15) is 0 Å². The van der Waals surface area contributed by atoms with Gasteiger partial charge in [0, 0.05) is 44.8 Å². The van der Waals surface area contributed by atoms with Crippen molar-refractivity contribution in [1.82, 2.24) is 9.80 Å². The summed E-state index contributed by atoms with van der Waals surface area (Å²) < 4.78 is 0. The molecule has 3 heteroatoms. The molecule has 0 radical (unpaired) electrons. The SMILES string of the molecule is CCC(C)(N)CN1CCN(CC(C)C)CC1. The Kier molecular flexibility index (Phi) is 5.22. The van der Waals surface area contributed by atoms with Gasteiger partial charge in [-0.2, -0.15) is 0 Å². The molecule has 2 N–H and O–H groups in total. The van der Waals surface area contributed by atoms with Crippen molar-refractivity contribution in [2.45, 2.75) is 39.7 Å². The maximum Gasteiger partial charge on any atom is 0.0252 e. The fourth-order valence-corrected chi connectivity index (χ4v) is 2.27. The molecule has 16 heavy (non-hydrogen) atoms. The molecule has 1 heterocycles. The molecule has 96 valence electrons. The van der Waals surface area contributed by atoms with Crippen LogP contribution in [0.1, 0.15) is 34.1 Å². The predicted molar refractivity (Wildman–Crippen MR) is 70.6 cm³/mol. The average Bonchev–Trinajstić information content (AvgIpc) is 2.20. The minimum Gasteiger partial charge on any atom is -0.324 e. The van der Waals surface area contributed by atoms with Gasteiger partial charge in [-0.3, -0.25) is 4.90 Å². The molecule has 0 amide bonds. The minimum atomic E-state index is -0.0137. The normalized spacial score (nSPS) is 23.6. The molecule has 0 bridgehead atoms. The van der Waals surface area contributed by atoms with Crippen molar-refractivity contribution in [2.24, 2.45) is 11.7 Å². The zero-order valence-electron chi connectivity index (χ0n) is 11.5. The molecule has 0 aromatic rings. The topological polar surface area (TPSA) is 32.5 Å². The van der Waals surface area contributed by atoms with E-state index in [1.807, 2.05) is 0 Å². The van der Waals surface area contributed by atoms with Crippen molar-refractivity contribution >= 4 is 0 Å². The van der Waals surface area contributed by atoms with Crippen LogP contribution in [0.15, 0.2) is 0 Å². The highest BCUT2D eigenvalue weighted by Gasteiger charge is 2.23. The van der Waals surface area contributed by atoms with Gasteiger partial charge in [-0.1, -0.05) is 20.8 Å². The van der Waals surface area contributed by atoms with Gasteiger partial charge in [0.25, 0.3) is 0 Å². The van der Waals surface area contributed by atoms with Gasteiger partial charge in [0.15, 0.2) is 0 Å². The zero-order valence-corrected chi connectivity index (χ0v) is 11.5. The molecule has 1 saturated heterocycles. The Morgan fingerprint density at radius 1 is 1.12 bits per heavy atom. The van der Waals surface area contributed by atoms with E-state index in [-0.39, 0.29) is 5.54 Å². The molecule has 1 aliphatic heterocycles. The number of hydrogen-bond donors (Lipinski definition) is 1. The smallest absolute Gasteiger partial charge is 0.0252 e. The first-order valence-electron chi connectivity index (χ1n) is 6.66. The maximum atomic E-state index is 6.21. The molecule has 1 atom stereocenters. The van der Waals surface area contributed by atoms with Gasteiger partial charge in [-0.25, -0.2) is 0 Å².